The van der Waals surface area contributed by atoms with E-state index >= 15 is 0 Å². The number of carbonyl (C=O) groups excluding carboxylic acids is 2. The van der Waals surface area contributed by atoms with E-state index in [0.29, 0.717) is 24.1 Å². The van der Waals surface area contributed by atoms with Crippen LogP contribution >= 0.6 is 0 Å². The highest BCUT2D eigenvalue weighted by Gasteiger charge is 2.37. The summed E-state index contributed by atoms with van der Waals surface area (Å²) < 4.78 is 10.1. The number of aromatic nitrogens is 2. The van der Waals surface area contributed by atoms with Crippen molar-refractivity contribution in [1.82, 2.24) is 9.97 Å². The summed E-state index contributed by atoms with van der Waals surface area (Å²) in [6, 6.07) is 16.4. The summed E-state index contributed by atoms with van der Waals surface area (Å²) >= 11 is 0. The highest BCUT2D eigenvalue weighted by Crippen LogP contribution is 2.27. The molecule has 4 N–H and O–H groups in total. The monoisotopic (exact) mass is 476 g/mol. The van der Waals surface area contributed by atoms with Gasteiger partial charge in [-0.2, -0.15) is 4.98 Å². The van der Waals surface area contributed by atoms with Crippen LogP contribution in [0.4, 0.5) is 32.7 Å². The molecule has 35 heavy (non-hydrogen) atoms. The van der Waals surface area contributed by atoms with Crippen LogP contribution in [0.3, 0.4) is 0 Å². The van der Waals surface area contributed by atoms with E-state index in [-0.39, 0.29) is 18.0 Å². The lowest BCUT2D eigenvalue weighted by molar-refractivity contribution is 0.177. The molecule has 10 heteroatoms. The molecule has 1 aliphatic rings. The maximum Gasteiger partial charge on any atom is 0.415 e. The van der Waals surface area contributed by atoms with Gasteiger partial charge in [-0.3, -0.25) is 4.90 Å². The summed E-state index contributed by atoms with van der Waals surface area (Å²) in [5, 5.41) is 6.56. The molecule has 1 saturated heterocycles. The zero-order valence-corrected chi connectivity index (χ0v) is 19.8. The van der Waals surface area contributed by atoms with Crippen molar-refractivity contribution < 1.29 is 19.1 Å². The lowest BCUT2D eigenvalue weighted by Crippen LogP contribution is -2.37. The topological polar surface area (TPSA) is 132 Å². The molecule has 1 fully saturated rings. The first-order valence-electron chi connectivity index (χ1n) is 11.3. The second-order valence-corrected chi connectivity index (χ2v) is 8.56. The number of amides is 2. The molecule has 0 aliphatic carbocycles. The lowest BCUT2D eigenvalue weighted by Gasteiger charge is -2.23. The minimum Gasteiger partial charge on any atom is -0.447 e. The van der Waals surface area contributed by atoms with E-state index in [1.54, 1.807) is 35.4 Å². The van der Waals surface area contributed by atoms with Gasteiger partial charge in [0.05, 0.1) is 12.1 Å². The molecule has 0 bridgehead atoms. The highest BCUT2D eigenvalue weighted by molar-refractivity contribution is 5.89. The van der Waals surface area contributed by atoms with Crippen molar-refractivity contribution in [2.75, 3.05) is 22.1 Å². The van der Waals surface area contributed by atoms with Crippen LogP contribution in [0.1, 0.15) is 32.4 Å². The second kappa shape index (κ2) is 10.3. The highest BCUT2D eigenvalue weighted by atomic mass is 16.6. The van der Waals surface area contributed by atoms with E-state index < -0.39 is 12.2 Å². The minimum atomic E-state index is -0.859. The molecule has 10 nitrogen and oxygen atoms in total. The fourth-order valence-corrected chi connectivity index (χ4v) is 3.80. The van der Waals surface area contributed by atoms with Crippen molar-refractivity contribution in [2.45, 2.75) is 32.9 Å². The van der Waals surface area contributed by atoms with Gasteiger partial charge in [0, 0.05) is 23.6 Å². The van der Waals surface area contributed by atoms with Crippen molar-refractivity contribution in [2.24, 2.45) is 11.7 Å². The molecule has 1 unspecified atom stereocenters. The summed E-state index contributed by atoms with van der Waals surface area (Å²) in [6.45, 7) is 6.45. The molecule has 182 valence electrons. The summed E-state index contributed by atoms with van der Waals surface area (Å²) in [5.41, 5.74) is 7.72. The van der Waals surface area contributed by atoms with Gasteiger partial charge in [0.15, 0.2) is 0 Å². The number of hydrogen-bond donors (Lipinski definition) is 3. The van der Waals surface area contributed by atoms with Crippen LogP contribution in [-0.4, -0.2) is 34.8 Å². The minimum absolute atomic E-state index is 0.0641. The maximum atomic E-state index is 12.3. The van der Waals surface area contributed by atoms with Gasteiger partial charge in [-0.15, -0.1) is 0 Å². The lowest BCUT2D eigenvalue weighted by atomic mass is 10.0. The molecular weight excluding hydrogens is 448 g/mol. The Balaban J connectivity index is 1.42. The standard InChI is InChI=1S/C25H28N6O4/c1-15(2)21-14-34-25(33)31(21)22-11-12-27-24(30-22)28-16(3)17-7-9-18(10-8-17)29-19-5-4-6-20(13-19)35-23(26)32/h4-13,15-16,21,29H,14H2,1-3H3,(H2,26,32)(H,27,28,30)/t16-,21?/m0/s1. The molecule has 0 radical (unpaired) electrons. The Morgan fingerprint density at radius 3 is 2.63 bits per heavy atom. The molecule has 4 rings (SSSR count). The van der Waals surface area contributed by atoms with Gasteiger partial charge in [0.1, 0.15) is 18.2 Å². The largest absolute Gasteiger partial charge is 0.447 e. The van der Waals surface area contributed by atoms with E-state index in [1.165, 1.54) is 0 Å². The third-order valence-corrected chi connectivity index (χ3v) is 5.66. The Hall–Kier alpha value is -4.34. The average Bonchev–Trinajstić information content (AvgIpc) is 3.21. The summed E-state index contributed by atoms with van der Waals surface area (Å²) in [7, 11) is 0. The first-order valence-corrected chi connectivity index (χ1v) is 11.3. The van der Waals surface area contributed by atoms with Crippen LogP contribution in [0.15, 0.2) is 60.8 Å². The first-order chi connectivity index (χ1) is 16.8. The number of nitrogens with two attached hydrogens (primary N) is 1. The third-order valence-electron chi connectivity index (χ3n) is 5.66. The molecule has 1 aromatic heterocycles. The molecule has 2 aromatic carbocycles. The van der Waals surface area contributed by atoms with Crippen molar-refractivity contribution in [3.8, 4) is 5.75 Å². The number of rotatable bonds is 8. The SMILES string of the molecule is CC(C)C1COC(=O)N1c1ccnc(N[C@@H](C)c2ccc(Nc3cccc(OC(N)=O)c3)cc2)n1. The first kappa shape index (κ1) is 23.8. The molecular formula is C25H28N6O4. The quantitative estimate of drug-likeness (QED) is 0.421. The van der Waals surface area contributed by atoms with Gasteiger partial charge in [0.2, 0.25) is 5.95 Å². The molecule has 2 heterocycles. The number of ether oxygens (including phenoxy) is 2. The number of anilines is 4. The number of carbonyl (C=O) groups is 2. The van der Waals surface area contributed by atoms with Crippen LogP contribution in [0, 0.1) is 5.92 Å². The van der Waals surface area contributed by atoms with Gasteiger partial charge >= 0.3 is 12.2 Å². The Morgan fingerprint density at radius 1 is 1.14 bits per heavy atom. The number of nitrogens with zero attached hydrogens (tertiary/aromatic N) is 3. The molecule has 2 amide bonds. The average molecular weight is 477 g/mol. The number of nitrogens with one attached hydrogen (secondary N) is 2. The maximum absolute atomic E-state index is 12.3. The molecule has 1 aliphatic heterocycles. The summed E-state index contributed by atoms with van der Waals surface area (Å²) in [5.74, 6) is 1.53. The predicted octanol–water partition coefficient (Wildman–Crippen LogP) is 4.83. The summed E-state index contributed by atoms with van der Waals surface area (Å²) in [6.07, 6.45) is 0.377. The Labute approximate surface area is 203 Å². The fourth-order valence-electron chi connectivity index (χ4n) is 3.80. The fraction of sp³-hybridized carbons (Fsp3) is 0.280. The number of hydrogen-bond acceptors (Lipinski definition) is 8. The van der Waals surface area contributed by atoms with Crippen molar-refractivity contribution in [3.05, 3.63) is 66.4 Å². The second-order valence-electron chi connectivity index (χ2n) is 8.56. The number of benzene rings is 2. The zero-order valence-electron chi connectivity index (χ0n) is 19.8. The van der Waals surface area contributed by atoms with Crippen LogP contribution < -0.4 is 26.0 Å². The van der Waals surface area contributed by atoms with E-state index in [0.717, 1.165) is 16.9 Å². The van der Waals surface area contributed by atoms with Crippen molar-refractivity contribution >= 4 is 35.3 Å². The zero-order chi connectivity index (χ0) is 24.9. The molecule has 0 spiro atoms. The Morgan fingerprint density at radius 2 is 1.91 bits per heavy atom. The van der Waals surface area contributed by atoms with E-state index in [4.69, 9.17) is 15.2 Å². The number of cyclic esters (lactones) is 1. The predicted molar refractivity (Wildman–Crippen MR) is 133 cm³/mol. The smallest absolute Gasteiger partial charge is 0.415 e. The van der Waals surface area contributed by atoms with Crippen LogP contribution in [0.5, 0.6) is 5.75 Å². The Kier molecular flexibility index (Phi) is 7.00. The van der Waals surface area contributed by atoms with Gasteiger partial charge < -0.3 is 25.8 Å². The molecule has 0 saturated carbocycles. The van der Waals surface area contributed by atoms with Gasteiger partial charge in [-0.1, -0.05) is 32.0 Å². The third kappa shape index (κ3) is 5.78. The molecule has 3 aromatic rings. The van der Waals surface area contributed by atoms with Crippen LogP contribution in [0.25, 0.3) is 0 Å². The van der Waals surface area contributed by atoms with E-state index in [9.17, 15) is 9.59 Å². The molecule has 2 atom stereocenters. The normalized spacial score (nSPS) is 16.1. The van der Waals surface area contributed by atoms with Gasteiger partial charge in [-0.05, 0) is 48.7 Å². The van der Waals surface area contributed by atoms with Crippen molar-refractivity contribution in [3.63, 3.8) is 0 Å². The summed E-state index contributed by atoms with van der Waals surface area (Å²) in [4.78, 5) is 33.7. The number of primary amides is 1. The Bertz CT molecular complexity index is 1200. The van der Waals surface area contributed by atoms with Crippen LogP contribution in [-0.2, 0) is 4.74 Å². The van der Waals surface area contributed by atoms with Crippen LogP contribution in [0.2, 0.25) is 0 Å². The van der Waals surface area contributed by atoms with Gasteiger partial charge in [-0.25, -0.2) is 14.6 Å². The van der Waals surface area contributed by atoms with Gasteiger partial charge in [0.25, 0.3) is 0 Å². The van der Waals surface area contributed by atoms with Crippen molar-refractivity contribution in [1.29, 1.82) is 0 Å². The van der Waals surface area contributed by atoms with E-state index in [1.807, 2.05) is 51.1 Å². The van der Waals surface area contributed by atoms with E-state index in [2.05, 4.69) is 20.6 Å².